The number of aromatic amines is 1. The van der Waals surface area contributed by atoms with Crippen molar-refractivity contribution in [3.63, 3.8) is 0 Å². The van der Waals surface area contributed by atoms with Crippen molar-refractivity contribution in [3.05, 3.63) is 83.5 Å². The number of H-pyrrole nitrogens is 1. The molecule has 2 aromatic carbocycles. The lowest BCUT2D eigenvalue weighted by atomic mass is 10.1. The Morgan fingerprint density at radius 3 is 2.60 bits per heavy atom. The van der Waals surface area contributed by atoms with Crippen LogP contribution < -0.4 is 25.8 Å². The molecule has 0 atom stereocenters. The number of aryl methyl sites for hydroxylation is 1. The van der Waals surface area contributed by atoms with Gasteiger partial charge in [-0.2, -0.15) is 0 Å². The Kier molecular flexibility index (Phi) is 5.99. The monoisotopic (exact) mass is 538 g/mol. The van der Waals surface area contributed by atoms with E-state index in [2.05, 4.69) is 30.7 Å². The number of fused-ring (bicyclic) bond motifs is 2. The zero-order chi connectivity index (χ0) is 27.8. The quantitative estimate of drug-likeness (QED) is 0.246. The first kappa shape index (κ1) is 24.5. The fourth-order valence-corrected chi connectivity index (χ4v) is 4.35. The second kappa shape index (κ2) is 9.79. The molecular formula is C27H22N8O5. The van der Waals surface area contributed by atoms with Crippen molar-refractivity contribution in [1.82, 2.24) is 29.3 Å². The number of hydrogen-bond acceptors (Lipinski definition) is 8. The van der Waals surface area contributed by atoms with Crippen molar-refractivity contribution in [2.45, 2.75) is 0 Å². The second-order valence-corrected chi connectivity index (χ2v) is 8.69. The van der Waals surface area contributed by atoms with Crippen LogP contribution in [0.3, 0.4) is 0 Å². The van der Waals surface area contributed by atoms with Crippen LogP contribution in [0.5, 0.6) is 23.3 Å². The summed E-state index contributed by atoms with van der Waals surface area (Å²) < 4.78 is 14.1. The molecule has 0 unspecified atom stereocenters. The SMILES string of the molecule is COc1ccc(-n2nc(O)cc2NC(=O)Nc2ccc(Oc3ccnc4[nH]c(=O)n(C)c34)c3ccccc23)cn1. The van der Waals surface area contributed by atoms with E-state index in [0.29, 0.717) is 39.9 Å². The highest BCUT2D eigenvalue weighted by molar-refractivity contribution is 6.07. The van der Waals surface area contributed by atoms with Crippen molar-refractivity contribution < 1.29 is 19.4 Å². The molecule has 13 heteroatoms. The maximum atomic E-state index is 13.0. The van der Waals surface area contributed by atoms with Gasteiger partial charge in [0.2, 0.25) is 11.8 Å². The predicted molar refractivity (Wildman–Crippen MR) is 148 cm³/mol. The van der Waals surface area contributed by atoms with Crippen molar-refractivity contribution >= 4 is 39.5 Å². The predicted octanol–water partition coefficient (Wildman–Crippen LogP) is 4.15. The minimum Gasteiger partial charge on any atom is -0.492 e. The molecule has 0 aliphatic carbocycles. The fourth-order valence-electron chi connectivity index (χ4n) is 4.35. The second-order valence-electron chi connectivity index (χ2n) is 8.69. The minimum atomic E-state index is -0.556. The molecule has 4 heterocycles. The Morgan fingerprint density at radius 1 is 1.00 bits per heavy atom. The number of rotatable bonds is 6. The molecule has 0 saturated heterocycles. The number of pyridine rings is 2. The van der Waals surface area contributed by atoms with Gasteiger partial charge in [-0.3, -0.25) is 14.9 Å². The van der Waals surface area contributed by atoms with Crippen molar-refractivity contribution in [2.24, 2.45) is 7.05 Å². The first-order valence-electron chi connectivity index (χ1n) is 12.0. The molecule has 0 aliphatic heterocycles. The molecule has 200 valence electrons. The Morgan fingerprint density at radius 2 is 1.82 bits per heavy atom. The van der Waals surface area contributed by atoms with E-state index >= 15 is 0 Å². The Bertz CT molecular complexity index is 1940. The number of urea groups is 1. The number of anilines is 2. The van der Waals surface area contributed by atoms with E-state index in [-0.39, 0.29) is 17.4 Å². The van der Waals surface area contributed by atoms with Crippen LogP contribution in [0.1, 0.15) is 0 Å². The normalized spacial score (nSPS) is 11.1. The van der Waals surface area contributed by atoms with Gasteiger partial charge in [-0.25, -0.2) is 24.2 Å². The molecule has 13 nitrogen and oxygen atoms in total. The molecular weight excluding hydrogens is 516 g/mol. The number of aromatic nitrogens is 6. The summed E-state index contributed by atoms with van der Waals surface area (Å²) in [4.78, 5) is 36.2. The summed E-state index contributed by atoms with van der Waals surface area (Å²) in [5.41, 5.74) is 1.68. The van der Waals surface area contributed by atoms with Gasteiger partial charge in [0, 0.05) is 42.2 Å². The van der Waals surface area contributed by atoms with Crippen LogP contribution in [0.15, 0.2) is 77.9 Å². The number of carbonyl (C=O) groups excluding carboxylic acids is 1. The molecule has 6 rings (SSSR count). The fraction of sp³-hybridized carbons (Fsp3) is 0.0741. The van der Waals surface area contributed by atoms with Crippen molar-refractivity contribution in [2.75, 3.05) is 17.7 Å². The van der Waals surface area contributed by atoms with Crippen LogP contribution in [-0.4, -0.2) is 47.5 Å². The highest BCUT2D eigenvalue weighted by Crippen LogP contribution is 2.36. The number of methoxy groups -OCH3 is 1. The molecule has 2 amide bonds. The number of amides is 2. The lowest BCUT2D eigenvalue weighted by Crippen LogP contribution is -2.21. The van der Waals surface area contributed by atoms with E-state index in [1.165, 1.54) is 28.6 Å². The standard InChI is InChI=1S/C27H22N8O5/c1-34-24-20(11-12-28-25(24)32-27(34)38)40-19-9-8-18(16-5-3-4-6-17(16)19)30-26(37)31-21-13-22(36)33-35(21)15-7-10-23(39-2)29-14-15/h3-14H,1-2H3,(H,33,36)(H,28,32,38)(H2,30,31,37). The van der Waals surface area contributed by atoms with Gasteiger partial charge in [-0.05, 0) is 18.2 Å². The lowest BCUT2D eigenvalue weighted by Gasteiger charge is -2.14. The van der Waals surface area contributed by atoms with E-state index in [4.69, 9.17) is 9.47 Å². The molecule has 6 aromatic rings. The number of imidazole rings is 1. The summed E-state index contributed by atoms with van der Waals surface area (Å²) in [6.07, 6.45) is 3.06. The number of aromatic hydroxyl groups is 1. The summed E-state index contributed by atoms with van der Waals surface area (Å²) in [6.45, 7) is 0. The Labute approximate surface area is 225 Å². The number of hydrogen-bond donors (Lipinski definition) is 4. The summed E-state index contributed by atoms with van der Waals surface area (Å²) in [5.74, 6) is 1.35. The van der Waals surface area contributed by atoms with Gasteiger partial charge in [-0.15, -0.1) is 5.10 Å². The van der Waals surface area contributed by atoms with Crippen LogP contribution in [0, 0.1) is 0 Å². The third-order valence-electron chi connectivity index (χ3n) is 6.22. The Balaban J connectivity index is 1.28. The smallest absolute Gasteiger partial charge is 0.327 e. The molecule has 0 fully saturated rings. The maximum absolute atomic E-state index is 13.0. The first-order chi connectivity index (χ1) is 19.4. The van der Waals surface area contributed by atoms with E-state index in [0.717, 1.165) is 10.8 Å². The molecule has 0 bridgehead atoms. The largest absolute Gasteiger partial charge is 0.492 e. The number of nitrogens with one attached hydrogen (secondary N) is 3. The summed E-state index contributed by atoms with van der Waals surface area (Å²) in [7, 11) is 3.14. The lowest BCUT2D eigenvalue weighted by molar-refractivity contribution is 0.262. The minimum absolute atomic E-state index is 0.227. The van der Waals surface area contributed by atoms with Crippen molar-refractivity contribution in [1.29, 1.82) is 0 Å². The van der Waals surface area contributed by atoms with Gasteiger partial charge in [-0.1, -0.05) is 24.3 Å². The van der Waals surface area contributed by atoms with Gasteiger partial charge in [0.25, 0.3) is 0 Å². The average molecular weight is 539 g/mol. The van der Waals surface area contributed by atoms with Crippen LogP contribution in [0.2, 0.25) is 0 Å². The average Bonchev–Trinajstić information content (AvgIpc) is 3.47. The highest BCUT2D eigenvalue weighted by Gasteiger charge is 2.16. The molecule has 0 saturated carbocycles. The molecule has 0 aliphatic rings. The summed E-state index contributed by atoms with van der Waals surface area (Å²) >= 11 is 0. The third-order valence-corrected chi connectivity index (χ3v) is 6.22. The highest BCUT2D eigenvalue weighted by atomic mass is 16.5. The number of nitrogens with zero attached hydrogens (tertiary/aromatic N) is 5. The molecule has 0 radical (unpaired) electrons. The molecule has 4 aromatic heterocycles. The summed E-state index contributed by atoms with van der Waals surface area (Å²) in [5, 5.41) is 21.0. The van der Waals surface area contributed by atoms with Gasteiger partial charge < -0.3 is 19.9 Å². The van der Waals surface area contributed by atoms with Gasteiger partial charge >= 0.3 is 11.7 Å². The van der Waals surface area contributed by atoms with E-state index in [1.54, 1.807) is 43.6 Å². The van der Waals surface area contributed by atoms with E-state index in [9.17, 15) is 14.7 Å². The number of ether oxygens (including phenoxy) is 2. The van der Waals surface area contributed by atoms with E-state index in [1.807, 2.05) is 24.3 Å². The molecule has 40 heavy (non-hydrogen) atoms. The number of carbonyl (C=O) groups is 1. The van der Waals surface area contributed by atoms with E-state index < -0.39 is 6.03 Å². The number of benzene rings is 2. The summed E-state index contributed by atoms with van der Waals surface area (Å²) in [6, 6.07) is 16.6. The first-order valence-corrected chi connectivity index (χ1v) is 12.0. The van der Waals surface area contributed by atoms with Gasteiger partial charge in [0.05, 0.1) is 24.7 Å². The van der Waals surface area contributed by atoms with Crippen LogP contribution in [0.4, 0.5) is 16.3 Å². The van der Waals surface area contributed by atoms with Gasteiger partial charge in [0.15, 0.2) is 11.4 Å². The van der Waals surface area contributed by atoms with Crippen LogP contribution in [-0.2, 0) is 7.05 Å². The molecule has 4 N–H and O–H groups in total. The molecule has 0 spiro atoms. The van der Waals surface area contributed by atoms with Crippen molar-refractivity contribution in [3.8, 4) is 28.9 Å². The van der Waals surface area contributed by atoms with Crippen LogP contribution >= 0.6 is 0 Å². The zero-order valence-electron chi connectivity index (χ0n) is 21.2. The maximum Gasteiger partial charge on any atom is 0.327 e. The zero-order valence-corrected chi connectivity index (χ0v) is 21.2. The topological polar surface area (TPSA) is 161 Å². The van der Waals surface area contributed by atoms with Crippen LogP contribution in [0.25, 0.3) is 27.6 Å². The van der Waals surface area contributed by atoms with Gasteiger partial charge in [0.1, 0.15) is 17.1 Å². The Hall–Kier alpha value is -5.85. The third kappa shape index (κ3) is 4.41.